The van der Waals surface area contributed by atoms with Crippen molar-refractivity contribution in [1.82, 2.24) is 5.32 Å². The summed E-state index contributed by atoms with van der Waals surface area (Å²) in [6, 6.07) is -0.573. The molecule has 0 aromatic rings. The number of hydrogen-bond donors (Lipinski definition) is 1. The van der Waals surface area contributed by atoms with E-state index in [-0.39, 0.29) is 17.8 Å². The molecule has 1 N–H and O–H groups in total. The topological polar surface area (TPSA) is 55.4 Å². The van der Waals surface area contributed by atoms with Gasteiger partial charge in [-0.2, -0.15) is 0 Å². The number of esters is 1. The maximum absolute atomic E-state index is 12.1. The third kappa shape index (κ3) is 7.85. The lowest BCUT2D eigenvalue weighted by Gasteiger charge is -2.26. The van der Waals surface area contributed by atoms with E-state index in [0.717, 1.165) is 6.42 Å². The van der Waals surface area contributed by atoms with E-state index >= 15 is 0 Å². The van der Waals surface area contributed by atoms with E-state index in [0.29, 0.717) is 12.3 Å². The van der Waals surface area contributed by atoms with Crippen LogP contribution in [0.5, 0.6) is 0 Å². The van der Waals surface area contributed by atoms with Crippen molar-refractivity contribution in [3.63, 3.8) is 0 Å². The molecule has 0 fully saturated rings. The Morgan fingerprint density at radius 2 is 1.68 bits per heavy atom. The van der Waals surface area contributed by atoms with Gasteiger partial charge in [0.15, 0.2) is 0 Å². The fourth-order valence-electron chi connectivity index (χ4n) is 1.56. The average molecular weight is 271 g/mol. The number of rotatable bonds is 6. The minimum atomic E-state index is -0.573. The molecule has 0 aliphatic rings. The number of carbonyl (C=O) groups is 2. The van der Waals surface area contributed by atoms with E-state index in [1.54, 1.807) is 0 Å². The fourth-order valence-corrected chi connectivity index (χ4v) is 1.56. The molecule has 0 aromatic carbocycles. The van der Waals surface area contributed by atoms with Crippen LogP contribution in [0, 0.1) is 11.8 Å². The third-order valence-electron chi connectivity index (χ3n) is 2.87. The Morgan fingerprint density at radius 1 is 1.16 bits per heavy atom. The van der Waals surface area contributed by atoms with E-state index in [2.05, 4.69) is 5.32 Å². The molecular formula is C15H29NO3. The van der Waals surface area contributed by atoms with Gasteiger partial charge >= 0.3 is 5.97 Å². The van der Waals surface area contributed by atoms with Crippen LogP contribution in [0.3, 0.4) is 0 Å². The van der Waals surface area contributed by atoms with Crippen molar-refractivity contribution < 1.29 is 14.3 Å². The average Bonchev–Trinajstić information content (AvgIpc) is 2.22. The second kappa shape index (κ2) is 7.51. The summed E-state index contributed by atoms with van der Waals surface area (Å²) in [4.78, 5) is 23.9. The van der Waals surface area contributed by atoms with Crippen LogP contribution in [0.15, 0.2) is 0 Å². The summed E-state index contributed by atoms with van der Waals surface area (Å²) < 4.78 is 5.34. The smallest absolute Gasteiger partial charge is 0.329 e. The molecule has 0 spiro atoms. The number of amides is 1. The summed E-state index contributed by atoms with van der Waals surface area (Å²) in [5.74, 6) is -0.110. The Balaban J connectivity index is 4.58. The van der Waals surface area contributed by atoms with Crippen molar-refractivity contribution in [2.45, 2.75) is 73.0 Å². The molecule has 4 nitrogen and oxygen atoms in total. The van der Waals surface area contributed by atoms with Crippen molar-refractivity contribution >= 4 is 11.9 Å². The third-order valence-corrected chi connectivity index (χ3v) is 2.87. The normalized spacial score (nSPS) is 14.9. The molecule has 0 radical (unpaired) electrons. The molecule has 0 rings (SSSR count). The summed E-state index contributed by atoms with van der Waals surface area (Å²) in [6.45, 7) is 13.3. The number of hydrogen-bond acceptors (Lipinski definition) is 3. The molecule has 19 heavy (non-hydrogen) atoms. The van der Waals surface area contributed by atoms with E-state index in [1.807, 2.05) is 48.5 Å². The zero-order valence-corrected chi connectivity index (χ0v) is 13.4. The van der Waals surface area contributed by atoms with Crippen molar-refractivity contribution in [3.8, 4) is 0 Å². The number of nitrogens with one attached hydrogen (secondary N) is 1. The molecule has 2 atom stereocenters. The molecule has 0 heterocycles. The quantitative estimate of drug-likeness (QED) is 0.756. The molecule has 0 aliphatic heterocycles. The number of ether oxygens (including phenoxy) is 1. The molecule has 1 unspecified atom stereocenters. The van der Waals surface area contributed by atoms with Gasteiger partial charge in [-0.15, -0.1) is 0 Å². The van der Waals surface area contributed by atoms with Gasteiger partial charge in [0.2, 0.25) is 5.91 Å². The highest BCUT2D eigenvalue weighted by molar-refractivity contribution is 5.84. The molecule has 112 valence electrons. The molecular weight excluding hydrogens is 242 g/mol. The van der Waals surface area contributed by atoms with Crippen LogP contribution in [0.4, 0.5) is 0 Å². The van der Waals surface area contributed by atoms with Gasteiger partial charge in [0, 0.05) is 6.42 Å². The first kappa shape index (κ1) is 17.9. The SMILES string of the molecule is CCC(C)CC(=O)N[C@H](C(=O)OC(C)(C)C)C(C)C. The molecule has 0 saturated carbocycles. The first-order valence-corrected chi connectivity index (χ1v) is 7.09. The van der Waals surface area contributed by atoms with Gasteiger partial charge in [-0.05, 0) is 32.6 Å². The Kier molecular flexibility index (Phi) is 7.09. The predicted molar refractivity (Wildman–Crippen MR) is 76.7 cm³/mol. The van der Waals surface area contributed by atoms with Gasteiger partial charge in [0.05, 0.1) is 0 Å². The van der Waals surface area contributed by atoms with Gasteiger partial charge in [-0.25, -0.2) is 4.79 Å². The van der Waals surface area contributed by atoms with Gasteiger partial charge in [0.1, 0.15) is 11.6 Å². The zero-order valence-electron chi connectivity index (χ0n) is 13.4. The maximum Gasteiger partial charge on any atom is 0.329 e. The highest BCUT2D eigenvalue weighted by atomic mass is 16.6. The second-order valence-corrected chi connectivity index (χ2v) is 6.54. The van der Waals surface area contributed by atoms with Crippen molar-refractivity contribution in [2.75, 3.05) is 0 Å². The standard InChI is InChI=1S/C15H29NO3/c1-8-11(4)9-12(17)16-13(10(2)3)14(18)19-15(5,6)7/h10-11,13H,8-9H2,1-7H3,(H,16,17)/t11?,13-/m0/s1. The van der Waals surface area contributed by atoms with Crippen molar-refractivity contribution in [1.29, 1.82) is 0 Å². The molecule has 1 amide bonds. The minimum Gasteiger partial charge on any atom is -0.458 e. The van der Waals surface area contributed by atoms with Crippen LogP contribution in [-0.4, -0.2) is 23.5 Å². The summed E-state index contributed by atoms with van der Waals surface area (Å²) in [5, 5.41) is 2.79. The highest BCUT2D eigenvalue weighted by Crippen LogP contribution is 2.13. The van der Waals surface area contributed by atoms with Gasteiger partial charge in [0.25, 0.3) is 0 Å². The van der Waals surface area contributed by atoms with Gasteiger partial charge in [-0.3, -0.25) is 4.79 Å². The predicted octanol–water partition coefficient (Wildman–Crippen LogP) is 2.91. The molecule has 0 aromatic heterocycles. The Hall–Kier alpha value is -1.06. The monoisotopic (exact) mass is 271 g/mol. The van der Waals surface area contributed by atoms with Crippen LogP contribution in [0.1, 0.15) is 61.3 Å². The highest BCUT2D eigenvalue weighted by Gasteiger charge is 2.29. The number of carbonyl (C=O) groups excluding carboxylic acids is 2. The summed E-state index contributed by atoms with van der Waals surface area (Å²) >= 11 is 0. The van der Waals surface area contributed by atoms with Crippen molar-refractivity contribution in [3.05, 3.63) is 0 Å². The largest absolute Gasteiger partial charge is 0.458 e. The van der Waals surface area contributed by atoms with Crippen LogP contribution >= 0.6 is 0 Å². The fraction of sp³-hybridized carbons (Fsp3) is 0.867. The molecule has 0 aliphatic carbocycles. The van der Waals surface area contributed by atoms with Crippen LogP contribution < -0.4 is 5.32 Å². The van der Waals surface area contributed by atoms with Crippen LogP contribution in [0.25, 0.3) is 0 Å². The Bertz CT molecular complexity index is 305. The van der Waals surface area contributed by atoms with Gasteiger partial charge < -0.3 is 10.1 Å². The maximum atomic E-state index is 12.1. The van der Waals surface area contributed by atoms with Crippen molar-refractivity contribution in [2.24, 2.45) is 11.8 Å². The lowest BCUT2D eigenvalue weighted by atomic mass is 10.0. The molecule has 0 bridgehead atoms. The Labute approximate surface area is 117 Å². The van der Waals surface area contributed by atoms with E-state index in [9.17, 15) is 9.59 Å². The minimum absolute atomic E-state index is 0.00994. The van der Waals surface area contributed by atoms with E-state index in [1.165, 1.54) is 0 Å². The summed E-state index contributed by atoms with van der Waals surface area (Å²) in [5.41, 5.74) is -0.536. The molecule has 4 heteroatoms. The Morgan fingerprint density at radius 3 is 2.05 bits per heavy atom. The summed E-state index contributed by atoms with van der Waals surface area (Å²) in [7, 11) is 0. The lowest BCUT2D eigenvalue weighted by Crippen LogP contribution is -2.47. The van der Waals surface area contributed by atoms with E-state index < -0.39 is 11.6 Å². The van der Waals surface area contributed by atoms with E-state index in [4.69, 9.17) is 4.74 Å². The second-order valence-electron chi connectivity index (χ2n) is 6.54. The summed E-state index contributed by atoms with van der Waals surface area (Å²) in [6.07, 6.45) is 1.40. The lowest BCUT2D eigenvalue weighted by molar-refractivity contribution is -0.160. The first-order chi connectivity index (χ1) is 8.56. The van der Waals surface area contributed by atoms with Crippen LogP contribution in [-0.2, 0) is 14.3 Å². The first-order valence-electron chi connectivity index (χ1n) is 7.09. The van der Waals surface area contributed by atoms with Gasteiger partial charge in [-0.1, -0.05) is 34.1 Å². The van der Waals surface area contributed by atoms with Crippen LogP contribution in [0.2, 0.25) is 0 Å². The zero-order chi connectivity index (χ0) is 15.2. The molecule has 0 saturated heterocycles.